The molecule has 0 heterocycles. The SMILES string of the molecule is C=Cc1ccc(C=CCCCCc2ccccc2)cc1. The fraction of sp³-hybridized carbons (Fsp3) is 0.200. The summed E-state index contributed by atoms with van der Waals surface area (Å²) in [5, 5.41) is 0. The van der Waals surface area contributed by atoms with Crippen molar-refractivity contribution < 1.29 is 0 Å². The highest BCUT2D eigenvalue weighted by atomic mass is 14.0. The van der Waals surface area contributed by atoms with Gasteiger partial charge in [0.2, 0.25) is 0 Å². The van der Waals surface area contributed by atoms with Crippen molar-refractivity contribution >= 4 is 12.2 Å². The summed E-state index contributed by atoms with van der Waals surface area (Å²) in [5.74, 6) is 0. The Morgan fingerprint density at radius 3 is 2.20 bits per heavy atom. The summed E-state index contributed by atoms with van der Waals surface area (Å²) in [5.41, 5.74) is 3.88. The molecule has 0 saturated carbocycles. The molecule has 0 aliphatic heterocycles. The zero-order valence-corrected chi connectivity index (χ0v) is 12.0. The van der Waals surface area contributed by atoms with E-state index in [9.17, 15) is 0 Å². The Kier molecular flexibility index (Phi) is 5.85. The van der Waals surface area contributed by atoms with Gasteiger partial charge in [-0.2, -0.15) is 0 Å². The number of rotatable bonds is 7. The standard InChI is InChI=1S/C20H22/c1-2-18-14-16-20(17-15-18)13-7-4-3-6-10-19-11-8-5-9-12-19/h2,5,7-9,11-17H,1,3-4,6,10H2. The van der Waals surface area contributed by atoms with E-state index in [-0.39, 0.29) is 0 Å². The van der Waals surface area contributed by atoms with Gasteiger partial charge in [0.25, 0.3) is 0 Å². The number of benzene rings is 2. The van der Waals surface area contributed by atoms with E-state index in [0.29, 0.717) is 0 Å². The highest BCUT2D eigenvalue weighted by Gasteiger charge is 1.91. The van der Waals surface area contributed by atoms with Crippen molar-refractivity contribution in [3.63, 3.8) is 0 Å². The van der Waals surface area contributed by atoms with Crippen LogP contribution in [0.1, 0.15) is 36.0 Å². The van der Waals surface area contributed by atoms with Gasteiger partial charge in [-0.05, 0) is 42.4 Å². The van der Waals surface area contributed by atoms with Gasteiger partial charge in [0.05, 0.1) is 0 Å². The summed E-state index contributed by atoms with van der Waals surface area (Å²) < 4.78 is 0. The minimum absolute atomic E-state index is 1.15. The van der Waals surface area contributed by atoms with Crippen molar-refractivity contribution in [2.75, 3.05) is 0 Å². The molecule has 0 unspecified atom stereocenters. The van der Waals surface area contributed by atoms with E-state index in [0.717, 1.165) is 6.42 Å². The zero-order valence-electron chi connectivity index (χ0n) is 12.0. The third-order valence-electron chi connectivity index (χ3n) is 3.41. The van der Waals surface area contributed by atoms with E-state index in [2.05, 4.69) is 73.3 Å². The van der Waals surface area contributed by atoms with Crippen LogP contribution in [0.5, 0.6) is 0 Å². The summed E-state index contributed by atoms with van der Waals surface area (Å²) in [6.45, 7) is 3.76. The van der Waals surface area contributed by atoms with E-state index in [4.69, 9.17) is 0 Å². The predicted octanol–water partition coefficient (Wildman–Crippen LogP) is 5.76. The maximum absolute atomic E-state index is 3.76. The average molecular weight is 262 g/mol. The fourth-order valence-electron chi connectivity index (χ4n) is 2.20. The van der Waals surface area contributed by atoms with Gasteiger partial charge in [-0.3, -0.25) is 0 Å². The molecule has 0 heteroatoms. The molecule has 0 radical (unpaired) electrons. The van der Waals surface area contributed by atoms with E-state index >= 15 is 0 Å². The number of hydrogen-bond acceptors (Lipinski definition) is 0. The largest absolute Gasteiger partial charge is 0.0985 e. The third-order valence-corrected chi connectivity index (χ3v) is 3.41. The first-order valence-electron chi connectivity index (χ1n) is 7.31. The lowest BCUT2D eigenvalue weighted by atomic mass is 10.1. The van der Waals surface area contributed by atoms with Gasteiger partial charge in [-0.15, -0.1) is 0 Å². The maximum Gasteiger partial charge on any atom is -0.0259 e. The van der Waals surface area contributed by atoms with Gasteiger partial charge in [0.1, 0.15) is 0 Å². The zero-order chi connectivity index (χ0) is 14.0. The van der Waals surface area contributed by atoms with E-state index < -0.39 is 0 Å². The minimum atomic E-state index is 1.15. The van der Waals surface area contributed by atoms with Gasteiger partial charge in [0, 0.05) is 0 Å². The van der Waals surface area contributed by atoms with Crippen molar-refractivity contribution in [3.05, 3.63) is 83.9 Å². The molecule has 0 aliphatic rings. The van der Waals surface area contributed by atoms with Crippen molar-refractivity contribution in [2.45, 2.75) is 25.7 Å². The van der Waals surface area contributed by atoms with Crippen LogP contribution >= 0.6 is 0 Å². The van der Waals surface area contributed by atoms with Gasteiger partial charge < -0.3 is 0 Å². The van der Waals surface area contributed by atoms with Crippen LogP contribution in [0.25, 0.3) is 12.2 Å². The summed E-state index contributed by atoms with van der Waals surface area (Å²) in [6.07, 6.45) is 11.2. The van der Waals surface area contributed by atoms with Crippen LogP contribution in [0.2, 0.25) is 0 Å². The van der Waals surface area contributed by atoms with E-state index in [1.54, 1.807) is 0 Å². The van der Waals surface area contributed by atoms with Crippen molar-refractivity contribution in [3.8, 4) is 0 Å². The van der Waals surface area contributed by atoms with Crippen molar-refractivity contribution in [2.24, 2.45) is 0 Å². The van der Waals surface area contributed by atoms with Gasteiger partial charge in [-0.1, -0.05) is 79.4 Å². The molecule has 2 rings (SSSR count). The Bertz CT molecular complexity index is 532. The van der Waals surface area contributed by atoms with Crippen LogP contribution in [0.15, 0.2) is 67.3 Å². The molecule has 102 valence electrons. The summed E-state index contributed by atoms with van der Waals surface area (Å²) >= 11 is 0. The molecule has 0 saturated heterocycles. The first-order chi connectivity index (χ1) is 9.88. The molecule has 0 spiro atoms. The highest BCUT2D eigenvalue weighted by Crippen LogP contribution is 2.10. The molecule has 0 aliphatic carbocycles. The normalized spacial score (nSPS) is 10.8. The number of allylic oxidation sites excluding steroid dienone is 1. The van der Waals surface area contributed by atoms with Crippen LogP contribution in [0.3, 0.4) is 0 Å². The van der Waals surface area contributed by atoms with Gasteiger partial charge in [-0.25, -0.2) is 0 Å². The van der Waals surface area contributed by atoms with E-state index in [1.165, 1.54) is 36.0 Å². The first kappa shape index (κ1) is 14.3. The van der Waals surface area contributed by atoms with Crippen LogP contribution in [0.4, 0.5) is 0 Å². The molecule has 0 amide bonds. The Morgan fingerprint density at radius 2 is 1.50 bits per heavy atom. The molecular formula is C20H22. The number of hydrogen-bond donors (Lipinski definition) is 0. The summed E-state index contributed by atoms with van der Waals surface area (Å²) in [4.78, 5) is 0. The highest BCUT2D eigenvalue weighted by molar-refractivity contribution is 5.54. The Balaban J connectivity index is 1.67. The Labute approximate surface area is 122 Å². The molecule has 0 aromatic heterocycles. The smallest absolute Gasteiger partial charge is 0.0259 e. The Morgan fingerprint density at radius 1 is 0.800 bits per heavy atom. The Hall–Kier alpha value is -2.08. The van der Waals surface area contributed by atoms with Crippen LogP contribution in [-0.4, -0.2) is 0 Å². The van der Waals surface area contributed by atoms with E-state index in [1.807, 2.05) is 6.08 Å². The van der Waals surface area contributed by atoms with Crippen LogP contribution in [0, 0.1) is 0 Å². The second-order valence-corrected chi connectivity index (χ2v) is 5.00. The fourth-order valence-corrected chi connectivity index (χ4v) is 2.20. The lowest BCUT2D eigenvalue weighted by Crippen LogP contribution is -1.84. The topological polar surface area (TPSA) is 0 Å². The number of aryl methyl sites for hydroxylation is 1. The lowest BCUT2D eigenvalue weighted by molar-refractivity contribution is 0.749. The van der Waals surface area contributed by atoms with Gasteiger partial charge >= 0.3 is 0 Å². The summed E-state index contributed by atoms with van der Waals surface area (Å²) in [7, 11) is 0. The van der Waals surface area contributed by atoms with Crippen molar-refractivity contribution in [1.29, 1.82) is 0 Å². The first-order valence-corrected chi connectivity index (χ1v) is 7.31. The molecule has 2 aromatic rings. The molecular weight excluding hydrogens is 240 g/mol. The molecule has 0 nitrogen and oxygen atoms in total. The molecule has 0 fully saturated rings. The minimum Gasteiger partial charge on any atom is -0.0985 e. The number of unbranched alkanes of at least 4 members (excludes halogenated alkanes) is 2. The molecule has 20 heavy (non-hydrogen) atoms. The predicted molar refractivity (Wildman–Crippen MR) is 89.6 cm³/mol. The average Bonchev–Trinajstić information content (AvgIpc) is 2.52. The quantitative estimate of drug-likeness (QED) is 0.557. The molecule has 0 bridgehead atoms. The molecule has 0 N–H and O–H groups in total. The second kappa shape index (κ2) is 8.16. The second-order valence-electron chi connectivity index (χ2n) is 5.00. The van der Waals surface area contributed by atoms with Crippen LogP contribution in [-0.2, 0) is 6.42 Å². The van der Waals surface area contributed by atoms with Crippen molar-refractivity contribution in [1.82, 2.24) is 0 Å². The molecule has 2 aromatic carbocycles. The summed E-state index contributed by atoms with van der Waals surface area (Å²) in [6, 6.07) is 19.2. The molecule has 0 atom stereocenters. The third kappa shape index (κ3) is 4.89. The van der Waals surface area contributed by atoms with Crippen LogP contribution < -0.4 is 0 Å². The monoisotopic (exact) mass is 262 g/mol. The van der Waals surface area contributed by atoms with Gasteiger partial charge in [0.15, 0.2) is 0 Å². The maximum atomic E-state index is 3.76. The lowest BCUT2D eigenvalue weighted by Gasteiger charge is -1.99.